The van der Waals surface area contributed by atoms with E-state index in [1.54, 1.807) is 6.07 Å². The lowest BCUT2D eigenvalue weighted by atomic mass is 10.0. The van der Waals surface area contributed by atoms with E-state index in [1.807, 2.05) is 46.8 Å². The standard InChI is InChI=1S/C16H23NO3/c1-6-16(4,5)17-14(18)10-20-15(19)13-8-7-11(2)9-12(13)3/h7-9H,6,10H2,1-5H3,(H,17,18). The molecule has 4 heteroatoms. The van der Waals surface area contributed by atoms with Crippen LogP contribution in [0.15, 0.2) is 18.2 Å². The molecule has 0 heterocycles. The van der Waals surface area contributed by atoms with E-state index in [4.69, 9.17) is 4.74 Å². The molecule has 0 bridgehead atoms. The molecule has 0 unspecified atom stereocenters. The monoisotopic (exact) mass is 277 g/mol. The predicted octanol–water partition coefficient (Wildman–Crippen LogP) is 2.77. The van der Waals surface area contributed by atoms with Gasteiger partial charge in [0.15, 0.2) is 6.61 Å². The molecule has 20 heavy (non-hydrogen) atoms. The Labute approximate surface area is 120 Å². The van der Waals surface area contributed by atoms with Crippen molar-refractivity contribution in [2.75, 3.05) is 6.61 Å². The highest BCUT2D eigenvalue weighted by molar-refractivity contribution is 5.92. The van der Waals surface area contributed by atoms with Crippen molar-refractivity contribution < 1.29 is 14.3 Å². The summed E-state index contributed by atoms with van der Waals surface area (Å²) >= 11 is 0. The van der Waals surface area contributed by atoms with Gasteiger partial charge in [-0.15, -0.1) is 0 Å². The number of aryl methyl sites for hydroxylation is 2. The van der Waals surface area contributed by atoms with E-state index in [1.165, 1.54) is 0 Å². The van der Waals surface area contributed by atoms with E-state index in [9.17, 15) is 9.59 Å². The van der Waals surface area contributed by atoms with Gasteiger partial charge in [-0.1, -0.05) is 24.6 Å². The van der Waals surface area contributed by atoms with E-state index >= 15 is 0 Å². The van der Waals surface area contributed by atoms with Crippen LogP contribution in [0.4, 0.5) is 0 Å². The molecule has 0 atom stereocenters. The summed E-state index contributed by atoms with van der Waals surface area (Å²) in [5, 5.41) is 2.82. The summed E-state index contributed by atoms with van der Waals surface area (Å²) in [6, 6.07) is 5.49. The molecule has 110 valence electrons. The minimum absolute atomic E-state index is 0.254. The Kier molecular flexibility index (Phi) is 5.31. The van der Waals surface area contributed by atoms with Gasteiger partial charge in [-0.25, -0.2) is 4.79 Å². The number of hydrogen-bond acceptors (Lipinski definition) is 3. The Morgan fingerprint density at radius 3 is 2.45 bits per heavy atom. The Bertz CT molecular complexity index is 506. The first-order valence-corrected chi connectivity index (χ1v) is 6.80. The highest BCUT2D eigenvalue weighted by Crippen LogP contribution is 2.12. The number of rotatable bonds is 5. The van der Waals surface area contributed by atoms with Gasteiger partial charge in [-0.3, -0.25) is 4.79 Å². The van der Waals surface area contributed by atoms with Gasteiger partial charge < -0.3 is 10.1 Å². The maximum atomic E-state index is 11.9. The summed E-state index contributed by atoms with van der Waals surface area (Å²) < 4.78 is 5.05. The van der Waals surface area contributed by atoms with Crippen LogP contribution in [0.25, 0.3) is 0 Å². The van der Waals surface area contributed by atoms with Crippen molar-refractivity contribution in [2.45, 2.75) is 46.6 Å². The SMILES string of the molecule is CCC(C)(C)NC(=O)COC(=O)c1ccc(C)cc1C. The number of esters is 1. The smallest absolute Gasteiger partial charge is 0.338 e. The maximum Gasteiger partial charge on any atom is 0.338 e. The number of carbonyl (C=O) groups excluding carboxylic acids is 2. The lowest BCUT2D eigenvalue weighted by Crippen LogP contribution is -2.44. The lowest BCUT2D eigenvalue weighted by molar-refractivity contribution is -0.125. The number of carbonyl (C=O) groups is 2. The number of hydrogen-bond donors (Lipinski definition) is 1. The number of amides is 1. The van der Waals surface area contributed by atoms with Crippen molar-refractivity contribution in [3.05, 3.63) is 34.9 Å². The second-order valence-electron chi connectivity index (χ2n) is 5.68. The molecule has 1 aromatic carbocycles. The average molecular weight is 277 g/mol. The fourth-order valence-electron chi connectivity index (χ4n) is 1.75. The van der Waals surface area contributed by atoms with Gasteiger partial charge in [0, 0.05) is 5.54 Å². The van der Waals surface area contributed by atoms with E-state index < -0.39 is 5.97 Å². The van der Waals surface area contributed by atoms with Crippen LogP contribution >= 0.6 is 0 Å². The predicted molar refractivity (Wildman–Crippen MR) is 78.7 cm³/mol. The molecule has 0 aliphatic heterocycles. The Morgan fingerprint density at radius 1 is 1.25 bits per heavy atom. The van der Waals surface area contributed by atoms with Crippen molar-refractivity contribution in [2.24, 2.45) is 0 Å². The van der Waals surface area contributed by atoms with Gasteiger partial charge in [-0.05, 0) is 45.7 Å². The maximum absolute atomic E-state index is 11.9. The number of nitrogens with one attached hydrogen (secondary N) is 1. The Balaban J connectivity index is 2.57. The third-order valence-electron chi connectivity index (χ3n) is 3.30. The second-order valence-corrected chi connectivity index (χ2v) is 5.68. The Morgan fingerprint density at radius 2 is 1.90 bits per heavy atom. The van der Waals surface area contributed by atoms with Crippen LogP contribution < -0.4 is 5.32 Å². The molecule has 1 N–H and O–H groups in total. The van der Waals surface area contributed by atoms with Gasteiger partial charge in [0.05, 0.1) is 5.56 Å². The first-order chi connectivity index (χ1) is 9.25. The van der Waals surface area contributed by atoms with Crippen LogP contribution in [0.3, 0.4) is 0 Å². The highest BCUT2D eigenvalue weighted by atomic mass is 16.5. The van der Waals surface area contributed by atoms with Crippen LogP contribution in [0.5, 0.6) is 0 Å². The van der Waals surface area contributed by atoms with Crippen molar-refractivity contribution in [1.29, 1.82) is 0 Å². The molecule has 0 aliphatic carbocycles. The molecule has 1 amide bonds. The van der Waals surface area contributed by atoms with Crippen molar-refractivity contribution in [3.63, 3.8) is 0 Å². The van der Waals surface area contributed by atoms with Crippen molar-refractivity contribution in [1.82, 2.24) is 5.32 Å². The molecule has 0 saturated heterocycles. The minimum Gasteiger partial charge on any atom is -0.452 e. The zero-order chi connectivity index (χ0) is 15.3. The topological polar surface area (TPSA) is 55.4 Å². The third kappa shape index (κ3) is 4.68. The summed E-state index contributed by atoms with van der Waals surface area (Å²) in [4.78, 5) is 23.6. The van der Waals surface area contributed by atoms with Gasteiger partial charge in [-0.2, -0.15) is 0 Å². The fourth-order valence-corrected chi connectivity index (χ4v) is 1.75. The molecular weight excluding hydrogens is 254 g/mol. The molecule has 4 nitrogen and oxygen atoms in total. The molecule has 0 fully saturated rings. The fraction of sp³-hybridized carbons (Fsp3) is 0.500. The van der Waals surface area contributed by atoms with Crippen LogP contribution in [-0.4, -0.2) is 24.0 Å². The first kappa shape index (κ1) is 16.2. The molecular formula is C16H23NO3. The summed E-state index contributed by atoms with van der Waals surface area (Å²) in [5.41, 5.74) is 2.15. The van der Waals surface area contributed by atoms with Crippen LogP contribution in [0, 0.1) is 13.8 Å². The number of ether oxygens (including phenoxy) is 1. The van der Waals surface area contributed by atoms with Crippen LogP contribution in [0.2, 0.25) is 0 Å². The summed E-state index contributed by atoms with van der Waals surface area (Å²) in [5.74, 6) is -0.748. The molecule has 0 spiro atoms. The Hall–Kier alpha value is -1.84. The summed E-state index contributed by atoms with van der Waals surface area (Å²) in [6.45, 7) is 9.40. The zero-order valence-electron chi connectivity index (χ0n) is 12.9. The zero-order valence-corrected chi connectivity index (χ0v) is 12.9. The van der Waals surface area contributed by atoms with Crippen molar-refractivity contribution >= 4 is 11.9 Å². The van der Waals surface area contributed by atoms with E-state index in [0.29, 0.717) is 5.56 Å². The highest BCUT2D eigenvalue weighted by Gasteiger charge is 2.19. The number of benzene rings is 1. The normalized spacial score (nSPS) is 11.1. The van der Waals surface area contributed by atoms with Crippen LogP contribution in [0.1, 0.15) is 48.7 Å². The molecule has 1 aromatic rings. The largest absolute Gasteiger partial charge is 0.452 e. The molecule has 0 aromatic heterocycles. The molecule has 0 radical (unpaired) electrons. The molecule has 0 saturated carbocycles. The van der Waals surface area contributed by atoms with Gasteiger partial charge in [0.25, 0.3) is 5.91 Å². The second kappa shape index (κ2) is 6.55. The van der Waals surface area contributed by atoms with E-state index in [0.717, 1.165) is 17.5 Å². The molecule has 0 aliphatic rings. The van der Waals surface area contributed by atoms with Gasteiger partial charge in [0.1, 0.15) is 0 Å². The van der Waals surface area contributed by atoms with Gasteiger partial charge in [0.2, 0.25) is 0 Å². The lowest BCUT2D eigenvalue weighted by Gasteiger charge is -2.24. The quantitative estimate of drug-likeness (QED) is 0.842. The third-order valence-corrected chi connectivity index (χ3v) is 3.30. The van der Waals surface area contributed by atoms with E-state index in [2.05, 4.69) is 5.32 Å². The van der Waals surface area contributed by atoms with Gasteiger partial charge >= 0.3 is 5.97 Å². The first-order valence-electron chi connectivity index (χ1n) is 6.80. The summed E-state index contributed by atoms with van der Waals surface area (Å²) in [7, 11) is 0. The minimum atomic E-state index is -0.466. The average Bonchev–Trinajstić information content (AvgIpc) is 2.35. The van der Waals surface area contributed by atoms with Crippen LogP contribution in [-0.2, 0) is 9.53 Å². The molecule has 1 rings (SSSR count). The summed E-state index contributed by atoms with van der Waals surface area (Å²) in [6.07, 6.45) is 0.809. The van der Waals surface area contributed by atoms with E-state index in [-0.39, 0.29) is 18.1 Å². The van der Waals surface area contributed by atoms with Crippen molar-refractivity contribution in [3.8, 4) is 0 Å².